The molecule has 0 spiro atoms. The molecule has 146 valence electrons. The zero-order chi connectivity index (χ0) is 20.1. The Balaban J connectivity index is 1.67. The van der Waals surface area contributed by atoms with E-state index < -0.39 is 10.6 Å². The normalized spacial score (nSPS) is 18.4. The molecule has 0 unspecified atom stereocenters. The first kappa shape index (κ1) is 19.6. The molecule has 0 aliphatic carbocycles. The fraction of sp³-hybridized carbons (Fsp3) is 0.286. The lowest BCUT2D eigenvalue weighted by Gasteiger charge is -2.32. The predicted octanol–water partition coefficient (Wildman–Crippen LogP) is 3.65. The van der Waals surface area contributed by atoms with E-state index in [1.807, 2.05) is 44.2 Å². The number of carbonyl (C=O) groups is 1. The minimum atomic E-state index is -0.748. The Labute approximate surface area is 163 Å². The molecule has 28 heavy (non-hydrogen) atoms. The van der Waals surface area contributed by atoms with Gasteiger partial charge in [-0.1, -0.05) is 30.3 Å². The van der Waals surface area contributed by atoms with Gasteiger partial charge in [-0.25, -0.2) is 0 Å². The molecule has 7 nitrogen and oxygen atoms in total. The lowest BCUT2D eigenvalue weighted by molar-refractivity contribution is -0.384. The molecule has 0 bridgehead atoms. The van der Waals surface area contributed by atoms with Crippen molar-refractivity contribution in [3.05, 3.63) is 76.4 Å². The van der Waals surface area contributed by atoms with E-state index in [1.165, 1.54) is 18.2 Å². The van der Waals surface area contributed by atoms with Gasteiger partial charge < -0.3 is 14.4 Å². The van der Waals surface area contributed by atoms with Crippen LogP contribution in [0, 0.1) is 10.1 Å². The molecule has 1 atom stereocenters. The Bertz CT molecular complexity index is 862. The molecule has 0 aromatic heterocycles. The number of non-ortho nitro benzene ring substituents is 1. The molecule has 1 fully saturated rings. The van der Waals surface area contributed by atoms with Gasteiger partial charge in [0.15, 0.2) is 0 Å². The van der Waals surface area contributed by atoms with Crippen molar-refractivity contribution in [1.29, 1.82) is 0 Å². The van der Waals surface area contributed by atoms with Gasteiger partial charge in [0.1, 0.15) is 18.1 Å². The second-order valence-electron chi connectivity index (χ2n) is 6.93. The standard InChI is InChI=1S/C21H22N2O5/c1-21(2)22(20(24)13-8-16-6-4-3-5-7-16)18(15-28-21)14-27-19-11-9-17(10-12-19)23(25)26/h3-13,18H,14-15H2,1-2H3/b13-8+/t18-/m0/s1. The molecule has 3 rings (SSSR count). The van der Waals surface area contributed by atoms with Crippen LogP contribution in [0.2, 0.25) is 0 Å². The van der Waals surface area contributed by atoms with Crippen molar-refractivity contribution in [2.45, 2.75) is 25.6 Å². The molecule has 1 saturated heterocycles. The highest BCUT2D eigenvalue weighted by atomic mass is 16.6. The summed E-state index contributed by atoms with van der Waals surface area (Å²) in [5, 5.41) is 10.7. The third-order valence-electron chi connectivity index (χ3n) is 4.52. The van der Waals surface area contributed by atoms with Gasteiger partial charge in [-0.3, -0.25) is 14.9 Å². The van der Waals surface area contributed by atoms with Crippen LogP contribution in [0.4, 0.5) is 5.69 Å². The molecule has 2 aromatic rings. The van der Waals surface area contributed by atoms with E-state index in [0.29, 0.717) is 12.4 Å². The summed E-state index contributed by atoms with van der Waals surface area (Å²) >= 11 is 0. The van der Waals surface area contributed by atoms with E-state index in [0.717, 1.165) is 5.56 Å². The first-order valence-electron chi connectivity index (χ1n) is 8.94. The summed E-state index contributed by atoms with van der Waals surface area (Å²) in [6, 6.07) is 15.2. The summed E-state index contributed by atoms with van der Waals surface area (Å²) in [4.78, 5) is 24.7. The van der Waals surface area contributed by atoms with Crippen LogP contribution in [0.25, 0.3) is 6.08 Å². The quantitative estimate of drug-likeness (QED) is 0.433. The predicted molar refractivity (Wildman–Crippen MR) is 105 cm³/mol. The number of hydrogen-bond donors (Lipinski definition) is 0. The summed E-state index contributed by atoms with van der Waals surface area (Å²) < 4.78 is 11.5. The van der Waals surface area contributed by atoms with Crippen LogP contribution in [0.15, 0.2) is 60.7 Å². The minimum Gasteiger partial charge on any atom is -0.491 e. The van der Waals surface area contributed by atoms with Crippen LogP contribution in [0.1, 0.15) is 19.4 Å². The Morgan fingerprint density at radius 1 is 1.25 bits per heavy atom. The lowest BCUT2D eigenvalue weighted by Crippen LogP contribution is -2.49. The van der Waals surface area contributed by atoms with E-state index in [2.05, 4.69) is 0 Å². The number of carbonyl (C=O) groups excluding carboxylic acids is 1. The lowest BCUT2D eigenvalue weighted by atomic mass is 10.1. The van der Waals surface area contributed by atoms with Gasteiger partial charge in [0.05, 0.1) is 17.6 Å². The number of amides is 1. The van der Waals surface area contributed by atoms with Gasteiger partial charge in [-0.15, -0.1) is 0 Å². The van der Waals surface area contributed by atoms with Gasteiger partial charge in [0.25, 0.3) is 5.69 Å². The van der Waals surface area contributed by atoms with Crippen LogP contribution in [-0.4, -0.2) is 40.7 Å². The molecule has 1 amide bonds. The monoisotopic (exact) mass is 382 g/mol. The third kappa shape index (κ3) is 4.55. The second-order valence-corrected chi connectivity index (χ2v) is 6.93. The maximum Gasteiger partial charge on any atom is 0.269 e. The largest absolute Gasteiger partial charge is 0.491 e. The zero-order valence-electron chi connectivity index (χ0n) is 15.8. The highest BCUT2D eigenvalue weighted by molar-refractivity contribution is 5.92. The maximum atomic E-state index is 12.8. The molecule has 1 aliphatic heterocycles. The molecule has 0 N–H and O–H groups in total. The van der Waals surface area contributed by atoms with Gasteiger partial charge >= 0.3 is 0 Å². The van der Waals surface area contributed by atoms with E-state index in [4.69, 9.17) is 9.47 Å². The van der Waals surface area contributed by atoms with E-state index in [1.54, 1.807) is 23.1 Å². The number of rotatable bonds is 6. The Kier molecular flexibility index (Phi) is 5.75. The van der Waals surface area contributed by atoms with E-state index in [-0.39, 0.29) is 24.2 Å². The molecular weight excluding hydrogens is 360 g/mol. The smallest absolute Gasteiger partial charge is 0.269 e. The molecule has 0 radical (unpaired) electrons. The molecule has 1 heterocycles. The summed E-state index contributed by atoms with van der Waals surface area (Å²) in [6.07, 6.45) is 3.30. The van der Waals surface area contributed by atoms with Gasteiger partial charge in [-0.2, -0.15) is 0 Å². The number of nitro benzene ring substituents is 1. The highest BCUT2D eigenvalue weighted by Crippen LogP contribution is 2.28. The Morgan fingerprint density at radius 3 is 2.57 bits per heavy atom. The average molecular weight is 382 g/mol. The molecule has 2 aromatic carbocycles. The fourth-order valence-electron chi connectivity index (χ4n) is 3.12. The maximum absolute atomic E-state index is 12.8. The first-order valence-corrected chi connectivity index (χ1v) is 8.94. The molecule has 1 aliphatic rings. The van der Waals surface area contributed by atoms with Gasteiger partial charge in [0, 0.05) is 18.2 Å². The number of hydrogen-bond acceptors (Lipinski definition) is 5. The summed E-state index contributed by atoms with van der Waals surface area (Å²) in [6.45, 7) is 4.26. The first-order chi connectivity index (χ1) is 13.4. The Morgan fingerprint density at radius 2 is 1.93 bits per heavy atom. The second kappa shape index (κ2) is 8.22. The minimum absolute atomic E-state index is 0.000497. The van der Waals surface area contributed by atoms with Crippen LogP contribution >= 0.6 is 0 Å². The fourth-order valence-corrected chi connectivity index (χ4v) is 3.12. The van der Waals surface area contributed by atoms with Crippen molar-refractivity contribution in [2.75, 3.05) is 13.2 Å². The molecule has 7 heteroatoms. The third-order valence-corrected chi connectivity index (χ3v) is 4.52. The van der Waals surface area contributed by atoms with Crippen LogP contribution in [0.3, 0.4) is 0 Å². The van der Waals surface area contributed by atoms with Crippen LogP contribution in [0.5, 0.6) is 5.75 Å². The van der Waals surface area contributed by atoms with Gasteiger partial charge in [-0.05, 0) is 37.6 Å². The zero-order valence-corrected chi connectivity index (χ0v) is 15.8. The number of benzene rings is 2. The van der Waals surface area contributed by atoms with Crippen molar-refractivity contribution in [1.82, 2.24) is 4.90 Å². The van der Waals surface area contributed by atoms with Crippen molar-refractivity contribution >= 4 is 17.7 Å². The van der Waals surface area contributed by atoms with E-state index >= 15 is 0 Å². The Hall–Kier alpha value is -3.19. The summed E-state index contributed by atoms with van der Waals surface area (Å²) in [7, 11) is 0. The summed E-state index contributed by atoms with van der Waals surface area (Å²) in [5.74, 6) is 0.339. The van der Waals surface area contributed by atoms with Crippen LogP contribution < -0.4 is 4.74 Å². The van der Waals surface area contributed by atoms with Crippen LogP contribution in [-0.2, 0) is 9.53 Å². The average Bonchev–Trinajstić information content (AvgIpc) is 3.00. The topological polar surface area (TPSA) is 81.9 Å². The summed E-state index contributed by atoms with van der Waals surface area (Å²) in [5.41, 5.74) is 0.190. The highest BCUT2D eigenvalue weighted by Gasteiger charge is 2.43. The SMILES string of the molecule is CC1(C)OC[C@H](COc2ccc([N+](=O)[O-])cc2)N1C(=O)/C=C/c1ccccc1. The number of ether oxygens (including phenoxy) is 2. The van der Waals surface area contributed by atoms with Crippen molar-refractivity contribution in [3.63, 3.8) is 0 Å². The van der Waals surface area contributed by atoms with Crippen molar-refractivity contribution in [3.8, 4) is 5.75 Å². The van der Waals surface area contributed by atoms with Gasteiger partial charge in [0.2, 0.25) is 5.91 Å². The number of nitrogens with zero attached hydrogens (tertiary/aromatic N) is 2. The van der Waals surface area contributed by atoms with E-state index in [9.17, 15) is 14.9 Å². The van der Waals surface area contributed by atoms with Crippen molar-refractivity contribution < 1.29 is 19.2 Å². The molecular formula is C21H22N2O5. The molecule has 0 saturated carbocycles. The van der Waals surface area contributed by atoms with Crippen molar-refractivity contribution in [2.24, 2.45) is 0 Å². The number of nitro groups is 1.